The van der Waals surface area contributed by atoms with Gasteiger partial charge in [0, 0.05) is 49.3 Å². The van der Waals surface area contributed by atoms with Crippen molar-refractivity contribution in [1.82, 2.24) is 31.1 Å². The Balaban J connectivity index is 0.000000168. The summed E-state index contributed by atoms with van der Waals surface area (Å²) < 4.78 is 0. The number of hydrogen-bond acceptors (Lipinski definition) is 6. The summed E-state index contributed by atoms with van der Waals surface area (Å²) in [7, 11) is 0. The molecule has 4 unspecified atom stereocenters. The quantitative estimate of drug-likeness (QED) is 0.419. The van der Waals surface area contributed by atoms with E-state index in [1.165, 1.54) is 9.80 Å². The summed E-state index contributed by atoms with van der Waals surface area (Å²) in [6, 6.07) is 14.0. The van der Waals surface area contributed by atoms with Crippen LogP contribution in [0.1, 0.15) is 24.0 Å². The molecule has 4 fully saturated rings. The summed E-state index contributed by atoms with van der Waals surface area (Å²) in [6.07, 6.45) is 1.79. The number of carbonyl (C=O) groups excluding carboxylic acids is 4. The number of hydrogen-bond donors (Lipinski definition) is 4. The van der Waals surface area contributed by atoms with Gasteiger partial charge in [-0.15, -0.1) is 0 Å². The predicted octanol–water partition coefficient (Wildman–Crippen LogP) is 3.24. The van der Waals surface area contributed by atoms with Crippen molar-refractivity contribution in [3.63, 3.8) is 0 Å². The third-order valence-corrected chi connectivity index (χ3v) is 8.66. The number of benzene rings is 2. The molecule has 42 heavy (non-hydrogen) atoms. The first-order chi connectivity index (χ1) is 20.3. The van der Waals surface area contributed by atoms with Crippen LogP contribution in [0, 0.1) is 23.7 Å². The maximum Gasteiger partial charge on any atom is 0.324 e. The molecule has 4 saturated heterocycles. The van der Waals surface area contributed by atoms with Crippen LogP contribution in [0.3, 0.4) is 0 Å². The van der Waals surface area contributed by atoms with E-state index in [1.807, 2.05) is 24.3 Å². The minimum atomic E-state index is -0.309. The molecule has 4 N–H and O–H groups in total. The van der Waals surface area contributed by atoms with Gasteiger partial charge in [0.15, 0.2) is 0 Å². The van der Waals surface area contributed by atoms with Crippen LogP contribution in [0.15, 0.2) is 48.5 Å². The molecule has 10 nitrogen and oxygen atoms in total. The standard InChI is InChI=1S/2C15H18ClN3O2/c16-13-3-1-10(2-4-13)7-18-15(21)19-9-11-5-12(14(19)20)8-17-6-11;16-13-3-1-2-10(5-13)7-18-15(21)19-9-11-4-12(14(19)20)8-17-6-11/h1-4,11-12,17H,5-9H2,(H,18,21);1-3,5,11-12,17H,4,6-9H2,(H,18,21). The van der Waals surface area contributed by atoms with E-state index in [1.54, 1.807) is 24.3 Å². The molecule has 2 aromatic carbocycles. The molecule has 0 spiro atoms. The summed E-state index contributed by atoms with van der Waals surface area (Å²) in [5.41, 5.74) is 1.88. The summed E-state index contributed by atoms with van der Waals surface area (Å²) in [5, 5.41) is 13.4. The lowest BCUT2D eigenvalue weighted by atomic mass is 9.85. The Morgan fingerprint density at radius 3 is 1.76 bits per heavy atom. The Hall–Kier alpha value is -3.18. The van der Waals surface area contributed by atoms with Crippen LogP contribution >= 0.6 is 23.2 Å². The molecule has 0 radical (unpaired) electrons. The fourth-order valence-corrected chi connectivity index (χ4v) is 6.35. The molecule has 4 atom stereocenters. The van der Waals surface area contributed by atoms with Crippen LogP contribution in [0.4, 0.5) is 9.59 Å². The normalized spacial score (nSPS) is 24.8. The van der Waals surface area contributed by atoms with Gasteiger partial charge >= 0.3 is 12.1 Å². The third kappa shape index (κ3) is 7.60. The van der Waals surface area contributed by atoms with Gasteiger partial charge < -0.3 is 21.3 Å². The topological polar surface area (TPSA) is 123 Å². The lowest BCUT2D eigenvalue weighted by molar-refractivity contribution is -0.138. The first-order valence-electron chi connectivity index (χ1n) is 14.4. The van der Waals surface area contributed by atoms with Gasteiger partial charge in [0.05, 0.1) is 11.8 Å². The van der Waals surface area contributed by atoms with E-state index in [2.05, 4.69) is 21.3 Å². The second-order valence-electron chi connectivity index (χ2n) is 11.4. The summed E-state index contributed by atoms with van der Waals surface area (Å²) in [5.74, 6) is 0.503. The highest BCUT2D eigenvalue weighted by Gasteiger charge is 2.40. The number of carbonyl (C=O) groups is 4. The smallest absolute Gasteiger partial charge is 0.324 e. The van der Waals surface area contributed by atoms with E-state index in [0.717, 1.165) is 37.1 Å². The molecule has 6 rings (SSSR count). The first-order valence-corrected chi connectivity index (χ1v) is 15.1. The van der Waals surface area contributed by atoms with Gasteiger partial charge in [0.2, 0.25) is 11.8 Å². The monoisotopic (exact) mass is 614 g/mol. The number of nitrogens with one attached hydrogen (secondary N) is 4. The number of fused-ring (bicyclic) bond motifs is 4. The summed E-state index contributed by atoms with van der Waals surface area (Å²) in [4.78, 5) is 51.7. The minimum absolute atomic E-state index is 0.0567. The molecule has 0 saturated carbocycles. The maximum atomic E-state index is 12.2. The predicted molar refractivity (Wildman–Crippen MR) is 160 cm³/mol. The van der Waals surface area contributed by atoms with Crippen molar-refractivity contribution in [1.29, 1.82) is 0 Å². The fraction of sp³-hybridized carbons (Fsp3) is 0.467. The third-order valence-electron chi connectivity index (χ3n) is 8.18. The van der Waals surface area contributed by atoms with Gasteiger partial charge in [-0.3, -0.25) is 19.4 Å². The maximum absolute atomic E-state index is 12.2. The van der Waals surface area contributed by atoms with Gasteiger partial charge in [-0.25, -0.2) is 9.59 Å². The highest BCUT2D eigenvalue weighted by atomic mass is 35.5. The van der Waals surface area contributed by atoms with Gasteiger partial charge in [0.1, 0.15) is 0 Å². The fourth-order valence-electron chi connectivity index (χ4n) is 6.01. The number of likely N-dealkylation sites (tertiary alicyclic amines) is 2. The van der Waals surface area contributed by atoms with Crippen LogP contribution in [-0.2, 0) is 22.7 Å². The van der Waals surface area contributed by atoms with Crippen molar-refractivity contribution in [2.24, 2.45) is 23.7 Å². The zero-order chi connectivity index (χ0) is 29.6. The second-order valence-corrected chi connectivity index (χ2v) is 12.3. The van der Waals surface area contributed by atoms with Gasteiger partial charge in [-0.1, -0.05) is 47.5 Å². The van der Waals surface area contributed by atoms with Gasteiger partial charge in [-0.05, 0) is 73.2 Å². The highest BCUT2D eigenvalue weighted by molar-refractivity contribution is 6.30. The number of urea groups is 2. The SMILES string of the molecule is O=C(NCc1ccc(Cl)cc1)N1CC2CNCC(C2)C1=O.O=C(NCc1cccc(Cl)c1)N1CC2CNCC(C2)C1=O. The molecule has 224 valence electrons. The van der Waals surface area contributed by atoms with Crippen LogP contribution in [0.5, 0.6) is 0 Å². The molecular weight excluding hydrogens is 579 g/mol. The van der Waals surface area contributed by atoms with E-state index in [-0.39, 0.29) is 35.7 Å². The van der Waals surface area contributed by atoms with E-state index in [4.69, 9.17) is 23.2 Å². The second kappa shape index (κ2) is 13.9. The van der Waals surface area contributed by atoms with Crippen molar-refractivity contribution in [2.75, 3.05) is 39.3 Å². The Kier molecular flexibility index (Phi) is 9.99. The van der Waals surface area contributed by atoms with Crippen molar-refractivity contribution in [2.45, 2.75) is 25.9 Å². The average Bonchev–Trinajstić information content (AvgIpc) is 3.00. The largest absolute Gasteiger partial charge is 0.334 e. The van der Waals surface area contributed by atoms with Crippen LogP contribution in [-0.4, -0.2) is 72.9 Å². The number of imide groups is 2. The molecule has 0 aliphatic carbocycles. The van der Waals surface area contributed by atoms with Crippen molar-refractivity contribution in [3.8, 4) is 0 Å². The molecule has 6 amide bonds. The van der Waals surface area contributed by atoms with E-state index >= 15 is 0 Å². The number of nitrogens with zero attached hydrogens (tertiary/aromatic N) is 2. The van der Waals surface area contributed by atoms with Gasteiger partial charge in [-0.2, -0.15) is 0 Å². The lowest BCUT2D eigenvalue weighted by Gasteiger charge is -2.39. The summed E-state index contributed by atoms with van der Waals surface area (Å²) >= 11 is 11.7. The molecule has 0 aromatic heterocycles. The molecule has 12 heteroatoms. The molecule has 4 heterocycles. The lowest BCUT2D eigenvalue weighted by Crippen LogP contribution is -2.58. The van der Waals surface area contributed by atoms with E-state index in [0.29, 0.717) is 61.1 Å². The number of rotatable bonds is 4. The average molecular weight is 616 g/mol. The van der Waals surface area contributed by atoms with Crippen LogP contribution < -0.4 is 21.3 Å². The summed E-state index contributed by atoms with van der Waals surface area (Å²) in [6.45, 7) is 4.89. The van der Waals surface area contributed by atoms with Gasteiger partial charge in [0.25, 0.3) is 0 Å². The molecule has 2 aromatic rings. The van der Waals surface area contributed by atoms with Crippen molar-refractivity contribution >= 4 is 47.1 Å². The molecule has 4 aliphatic heterocycles. The zero-order valence-corrected chi connectivity index (χ0v) is 24.8. The number of piperidine rings is 4. The van der Waals surface area contributed by atoms with Crippen molar-refractivity contribution in [3.05, 3.63) is 69.7 Å². The minimum Gasteiger partial charge on any atom is -0.334 e. The number of halogens is 2. The molecule has 4 aliphatic rings. The highest BCUT2D eigenvalue weighted by Crippen LogP contribution is 2.27. The van der Waals surface area contributed by atoms with Crippen molar-refractivity contribution < 1.29 is 19.2 Å². The Morgan fingerprint density at radius 2 is 1.24 bits per heavy atom. The zero-order valence-electron chi connectivity index (χ0n) is 23.3. The first kappa shape index (κ1) is 30.3. The van der Waals surface area contributed by atoms with E-state index < -0.39 is 0 Å². The number of amides is 6. The molecule has 4 bridgehead atoms. The Labute approximate surface area is 255 Å². The Morgan fingerprint density at radius 1 is 0.714 bits per heavy atom. The van der Waals surface area contributed by atoms with Crippen LogP contribution in [0.2, 0.25) is 10.0 Å². The van der Waals surface area contributed by atoms with Crippen LogP contribution in [0.25, 0.3) is 0 Å². The molecular formula is C30H36Cl2N6O4. The Bertz CT molecular complexity index is 1310. The van der Waals surface area contributed by atoms with E-state index in [9.17, 15) is 19.2 Å².